The van der Waals surface area contributed by atoms with Gasteiger partial charge in [-0.3, -0.25) is 4.72 Å². The van der Waals surface area contributed by atoms with Crippen LogP contribution in [0.3, 0.4) is 0 Å². The molecular formula is C8H6F3N3O3S. The predicted octanol–water partition coefficient (Wildman–Crippen LogP) is 1.82. The van der Waals surface area contributed by atoms with Gasteiger partial charge in [0.15, 0.2) is 5.82 Å². The molecule has 0 atom stereocenters. The zero-order valence-corrected chi connectivity index (χ0v) is 9.34. The van der Waals surface area contributed by atoms with Crippen molar-refractivity contribution in [1.82, 2.24) is 10.1 Å². The summed E-state index contributed by atoms with van der Waals surface area (Å²) in [6.07, 6.45) is -2.77. The lowest BCUT2D eigenvalue weighted by Crippen LogP contribution is -2.12. The van der Waals surface area contributed by atoms with Gasteiger partial charge >= 0.3 is 6.18 Å². The molecule has 0 saturated heterocycles. The maximum absolute atomic E-state index is 12.3. The number of H-pyrrole nitrogens is 1. The molecule has 2 aromatic rings. The van der Waals surface area contributed by atoms with Crippen molar-refractivity contribution >= 4 is 15.8 Å². The average molecular weight is 281 g/mol. The van der Waals surface area contributed by atoms with Crippen LogP contribution >= 0.6 is 0 Å². The summed E-state index contributed by atoms with van der Waals surface area (Å²) in [5, 5.41) is 3.28. The third kappa shape index (κ3) is 2.47. The van der Waals surface area contributed by atoms with E-state index in [0.717, 1.165) is 12.5 Å². The van der Waals surface area contributed by atoms with Gasteiger partial charge in [-0.25, -0.2) is 8.42 Å². The molecular weight excluding hydrogens is 275 g/mol. The Morgan fingerprint density at radius 3 is 2.61 bits per heavy atom. The highest BCUT2D eigenvalue weighted by Crippen LogP contribution is 2.29. The van der Waals surface area contributed by atoms with Gasteiger partial charge < -0.3 is 9.51 Å². The standard InChI is InChI=1S/C8H6F3N3O3S/c9-8(10,11)6-3-5(4-12-6)18(15,16)14-7-1-2-17-13-7/h1-4,12H,(H,13,14). The first-order chi connectivity index (χ1) is 8.29. The van der Waals surface area contributed by atoms with Crippen LogP contribution in [-0.4, -0.2) is 18.6 Å². The van der Waals surface area contributed by atoms with Crippen molar-refractivity contribution in [2.45, 2.75) is 11.1 Å². The first kappa shape index (κ1) is 12.5. The van der Waals surface area contributed by atoms with Crippen LogP contribution in [0.5, 0.6) is 0 Å². The Bertz CT molecular complexity index is 630. The molecule has 98 valence electrons. The van der Waals surface area contributed by atoms with Crippen molar-refractivity contribution in [3.8, 4) is 0 Å². The summed E-state index contributed by atoms with van der Waals surface area (Å²) in [5.74, 6) is -0.121. The minimum atomic E-state index is -4.64. The molecule has 0 radical (unpaired) electrons. The molecule has 2 aromatic heterocycles. The van der Waals surface area contributed by atoms with Gasteiger partial charge in [-0.2, -0.15) is 13.2 Å². The molecule has 0 fully saturated rings. The molecule has 0 saturated carbocycles. The molecule has 10 heteroatoms. The van der Waals surface area contributed by atoms with Crippen molar-refractivity contribution in [3.63, 3.8) is 0 Å². The van der Waals surface area contributed by atoms with Crippen molar-refractivity contribution in [2.24, 2.45) is 0 Å². The van der Waals surface area contributed by atoms with E-state index in [1.165, 1.54) is 6.07 Å². The van der Waals surface area contributed by atoms with Crippen LogP contribution in [-0.2, 0) is 16.2 Å². The molecule has 2 heterocycles. The second kappa shape index (κ2) is 4.05. The molecule has 0 aliphatic rings. The van der Waals surface area contributed by atoms with Crippen LogP contribution in [0, 0.1) is 0 Å². The molecule has 18 heavy (non-hydrogen) atoms. The largest absolute Gasteiger partial charge is 0.431 e. The summed E-state index contributed by atoms with van der Waals surface area (Å²) in [6, 6.07) is 1.71. The Morgan fingerprint density at radius 1 is 1.39 bits per heavy atom. The SMILES string of the molecule is O=S(=O)(Nc1ccon1)c1c[nH]c(C(F)(F)F)c1. The van der Waals surface area contributed by atoms with Crippen LogP contribution in [0.15, 0.2) is 34.0 Å². The van der Waals surface area contributed by atoms with Gasteiger partial charge in [0, 0.05) is 12.3 Å². The third-order valence-corrected chi connectivity index (χ3v) is 3.28. The highest BCUT2D eigenvalue weighted by atomic mass is 32.2. The normalized spacial score (nSPS) is 12.6. The lowest BCUT2D eigenvalue weighted by Gasteiger charge is -2.02. The highest BCUT2D eigenvalue weighted by molar-refractivity contribution is 7.92. The van der Waals surface area contributed by atoms with Crippen LogP contribution in [0.25, 0.3) is 0 Å². The summed E-state index contributed by atoms with van der Waals surface area (Å²) in [4.78, 5) is 1.30. The minimum absolute atomic E-state index is 0.121. The fraction of sp³-hybridized carbons (Fsp3) is 0.125. The quantitative estimate of drug-likeness (QED) is 0.898. The molecule has 0 unspecified atom stereocenters. The molecule has 6 nitrogen and oxygen atoms in total. The molecule has 0 bridgehead atoms. The van der Waals surface area contributed by atoms with Crippen molar-refractivity contribution < 1.29 is 26.1 Å². The van der Waals surface area contributed by atoms with E-state index in [0.29, 0.717) is 6.07 Å². The topological polar surface area (TPSA) is 88.0 Å². The number of nitrogens with zero attached hydrogens (tertiary/aromatic N) is 1. The first-order valence-corrected chi connectivity index (χ1v) is 5.96. The van der Waals surface area contributed by atoms with E-state index in [9.17, 15) is 21.6 Å². The molecule has 0 aromatic carbocycles. The van der Waals surface area contributed by atoms with Gasteiger partial charge in [-0.05, 0) is 6.07 Å². The van der Waals surface area contributed by atoms with E-state index in [-0.39, 0.29) is 5.82 Å². The predicted molar refractivity (Wildman–Crippen MR) is 53.1 cm³/mol. The van der Waals surface area contributed by atoms with Gasteiger partial charge in [0.2, 0.25) is 0 Å². The van der Waals surface area contributed by atoms with Gasteiger partial charge in [-0.1, -0.05) is 5.16 Å². The highest BCUT2D eigenvalue weighted by Gasteiger charge is 2.33. The summed E-state index contributed by atoms with van der Waals surface area (Å²) in [6.45, 7) is 0. The molecule has 2 rings (SSSR count). The summed E-state index contributed by atoms with van der Waals surface area (Å²) < 4.78 is 66.5. The van der Waals surface area contributed by atoms with Crippen LogP contribution in [0.1, 0.15) is 5.69 Å². The van der Waals surface area contributed by atoms with Gasteiger partial charge in [0.1, 0.15) is 16.9 Å². The number of nitrogens with one attached hydrogen (secondary N) is 2. The van der Waals surface area contributed by atoms with E-state index in [2.05, 4.69) is 9.68 Å². The summed E-state index contributed by atoms with van der Waals surface area (Å²) in [5.41, 5.74) is -1.15. The Balaban J connectivity index is 2.28. The lowest BCUT2D eigenvalue weighted by atomic mass is 10.4. The Kier molecular flexibility index (Phi) is 2.81. The average Bonchev–Trinajstić information content (AvgIpc) is 2.83. The second-order valence-electron chi connectivity index (χ2n) is 3.24. The number of halogens is 3. The maximum atomic E-state index is 12.3. The molecule has 0 aliphatic carbocycles. The molecule has 0 amide bonds. The Morgan fingerprint density at radius 2 is 2.11 bits per heavy atom. The number of aromatic amines is 1. The van der Waals surface area contributed by atoms with Crippen LogP contribution in [0.4, 0.5) is 19.0 Å². The van der Waals surface area contributed by atoms with E-state index in [1.54, 1.807) is 0 Å². The lowest BCUT2D eigenvalue weighted by molar-refractivity contribution is -0.140. The summed E-state index contributed by atoms with van der Waals surface area (Å²) >= 11 is 0. The fourth-order valence-electron chi connectivity index (χ4n) is 1.16. The number of aromatic nitrogens is 2. The smallest absolute Gasteiger partial charge is 0.363 e. The monoisotopic (exact) mass is 281 g/mol. The van der Waals surface area contributed by atoms with Crippen LogP contribution < -0.4 is 4.72 Å². The van der Waals surface area contributed by atoms with E-state index in [1.807, 2.05) is 9.71 Å². The first-order valence-electron chi connectivity index (χ1n) is 4.48. The van der Waals surface area contributed by atoms with E-state index in [4.69, 9.17) is 0 Å². The minimum Gasteiger partial charge on any atom is -0.363 e. The summed E-state index contributed by atoms with van der Waals surface area (Å²) in [7, 11) is -4.13. The van der Waals surface area contributed by atoms with Crippen molar-refractivity contribution in [2.75, 3.05) is 4.72 Å². The van der Waals surface area contributed by atoms with Crippen LogP contribution in [0.2, 0.25) is 0 Å². The number of hydrogen-bond acceptors (Lipinski definition) is 4. The molecule has 0 spiro atoms. The number of alkyl halides is 3. The van der Waals surface area contributed by atoms with Gasteiger partial charge in [-0.15, -0.1) is 0 Å². The van der Waals surface area contributed by atoms with E-state index >= 15 is 0 Å². The number of rotatable bonds is 3. The van der Waals surface area contributed by atoms with Gasteiger partial charge in [0.05, 0.1) is 0 Å². The second-order valence-corrected chi connectivity index (χ2v) is 4.92. The number of anilines is 1. The van der Waals surface area contributed by atoms with E-state index < -0.39 is 26.8 Å². The molecule has 2 N–H and O–H groups in total. The van der Waals surface area contributed by atoms with Gasteiger partial charge in [0.25, 0.3) is 10.0 Å². The third-order valence-electron chi connectivity index (χ3n) is 1.95. The Hall–Kier alpha value is -1.97. The number of sulfonamides is 1. The fourth-order valence-corrected chi connectivity index (χ4v) is 2.14. The zero-order valence-electron chi connectivity index (χ0n) is 8.52. The zero-order chi connectivity index (χ0) is 13.4. The maximum Gasteiger partial charge on any atom is 0.431 e. The van der Waals surface area contributed by atoms with Crippen molar-refractivity contribution in [1.29, 1.82) is 0 Å². The molecule has 0 aliphatic heterocycles. The van der Waals surface area contributed by atoms with Crippen molar-refractivity contribution in [3.05, 3.63) is 30.3 Å². The Labute approximate surface area is 98.8 Å². The number of hydrogen-bond donors (Lipinski definition) is 2.